The standard InChI is InChI=1S/C19H26N4O5/c1-12-20-17(28-22-12)13-7-8-16(15(9-13)23(5)6)26-11-14(10-24)21-18(25)27-19(2,3)4/h7-10,14H,11H2,1-6H3,(H,21,25). The molecule has 152 valence electrons. The number of anilines is 1. The molecule has 1 amide bonds. The predicted molar refractivity (Wildman–Crippen MR) is 104 cm³/mol. The smallest absolute Gasteiger partial charge is 0.408 e. The number of aryl methyl sites for hydroxylation is 1. The number of alkyl carbamates (subject to hydrolysis) is 1. The van der Waals surface area contributed by atoms with Gasteiger partial charge in [0.15, 0.2) is 5.82 Å². The van der Waals surface area contributed by atoms with Gasteiger partial charge in [-0.3, -0.25) is 0 Å². The highest BCUT2D eigenvalue weighted by atomic mass is 16.6. The van der Waals surface area contributed by atoms with Crippen LogP contribution in [0.3, 0.4) is 0 Å². The average molecular weight is 390 g/mol. The summed E-state index contributed by atoms with van der Waals surface area (Å²) in [6.07, 6.45) is -0.0717. The molecule has 0 aliphatic rings. The number of hydrogen-bond acceptors (Lipinski definition) is 8. The van der Waals surface area contributed by atoms with Crippen molar-refractivity contribution < 1.29 is 23.6 Å². The number of benzene rings is 1. The van der Waals surface area contributed by atoms with E-state index >= 15 is 0 Å². The van der Waals surface area contributed by atoms with Crippen molar-refractivity contribution in [1.29, 1.82) is 0 Å². The van der Waals surface area contributed by atoms with Gasteiger partial charge >= 0.3 is 6.09 Å². The minimum Gasteiger partial charge on any atom is -0.489 e. The van der Waals surface area contributed by atoms with Crippen LogP contribution in [-0.4, -0.2) is 54.9 Å². The second kappa shape index (κ2) is 8.73. The molecule has 28 heavy (non-hydrogen) atoms. The third-order valence-electron chi connectivity index (χ3n) is 3.50. The number of nitrogens with zero attached hydrogens (tertiary/aromatic N) is 3. The predicted octanol–water partition coefficient (Wildman–Crippen LogP) is 2.58. The summed E-state index contributed by atoms with van der Waals surface area (Å²) in [6, 6.07) is 4.54. The zero-order chi connectivity index (χ0) is 20.9. The fourth-order valence-corrected chi connectivity index (χ4v) is 2.29. The van der Waals surface area contributed by atoms with Gasteiger partial charge in [-0.2, -0.15) is 4.98 Å². The molecule has 2 rings (SSSR count). The molecule has 9 nitrogen and oxygen atoms in total. The Balaban J connectivity index is 2.09. The van der Waals surface area contributed by atoms with Gasteiger partial charge in [0, 0.05) is 19.7 Å². The van der Waals surface area contributed by atoms with Crippen LogP contribution in [0.15, 0.2) is 22.7 Å². The fraction of sp³-hybridized carbons (Fsp3) is 0.474. The summed E-state index contributed by atoms with van der Waals surface area (Å²) in [5.74, 6) is 1.50. The van der Waals surface area contributed by atoms with Crippen molar-refractivity contribution in [2.45, 2.75) is 39.3 Å². The highest BCUT2D eigenvalue weighted by Gasteiger charge is 2.20. The number of aldehydes is 1. The SMILES string of the molecule is Cc1noc(-c2ccc(OCC(C=O)NC(=O)OC(C)(C)C)c(N(C)C)c2)n1. The maximum absolute atomic E-state index is 11.8. The van der Waals surface area contributed by atoms with E-state index in [4.69, 9.17) is 14.0 Å². The Hall–Kier alpha value is -3.10. The summed E-state index contributed by atoms with van der Waals surface area (Å²) in [7, 11) is 3.72. The number of rotatable bonds is 7. The lowest BCUT2D eigenvalue weighted by molar-refractivity contribution is -0.110. The molecule has 0 saturated carbocycles. The van der Waals surface area contributed by atoms with Gasteiger partial charge < -0.3 is 29.0 Å². The van der Waals surface area contributed by atoms with Crippen molar-refractivity contribution in [3.8, 4) is 17.2 Å². The molecule has 1 aromatic heterocycles. The van der Waals surface area contributed by atoms with Crippen molar-refractivity contribution in [3.05, 3.63) is 24.0 Å². The van der Waals surface area contributed by atoms with E-state index in [9.17, 15) is 9.59 Å². The zero-order valence-electron chi connectivity index (χ0n) is 17.0. The molecule has 0 spiro atoms. The Morgan fingerprint density at radius 2 is 2.07 bits per heavy atom. The largest absolute Gasteiger partial charge is 0.489 e. The molecule has 0 aliphatic carbocycles. The summed E-state index contributed by atoms with van der Waals surface area (Å²) in [5, 5.41) is 6.27. The number of aromatic nitrogens is 2. The molecule has 1 N–H and O–H groups in total. The first-order valence-corrected chi connectivity index (χ1v) is 8.78. The molecule has 1 heterocycles. The monoisotopic (exact) mass is 390 g/mol. The van der Waals surface area contributed by atoms with Crippen LogP contribution in [-0.2, 0) is 9.53 Å². The number of ether oxygens (including phenoxy) is 2. The third-order valence-corrected chi connectivity index (χ3v) is 3.50. The molecular weight excluding hydrogens is 364 g/mol. The molecule has 0 fully saturated rings. The van der Waals surface area contributed by atoms with Crippen LogP contribution in [0.1, 0.15) is 26.6 Å². The lowest BCUT2D eigenvalue weighted by Crippen LogP contribution is -2.43. The van der Waals surface area contributed by atoms with E-state index in [1.807, 2.05) is 25.1 Å². The van der Waals surface area contributed by atoms with Gasteiger partial charge in [0.2, 0.25) is 0 Å². The summed E-state index contributed by atoms with van der Waals surface area (Å²) >= 11 is 0. The quantitative estimate of drug-likeness (QED) is 0.719. The van der Waals surface area contributed by atoms with Gasteiger partial charge in [0.25, 0.3) is 5.89 Å². The first-order chi connectivity index (χ1) is 13.1. The maximum Gasteiger partial charge on any atom is 0.408 e. The molecule has 2 aromatic rings. The summed E-state index contributed by atoms with van der Waals surface area (Å²) in [6.45, 7) is 6.94. The third kappa shape index (κ3) is 5.97. The number of carbonyl (C=O) groups is 2. The molecule has 1 unspecified atom stereocenters. The van der Waals surface area contributed by atoms with Gasteiger partial charge in [-0.1, -0.05) is 5.16 Å². The number of carbonyl (C=O) groups excluding carboxylic acids is 2. The van der Waals surface area contributed by atoms with Gasteiger partial charge in [-0.25, -0.2) is 4.79 Å². The van der Waals surface area contributed by atoms with Crippen LogP contribution in [0, 0.1) is 6.92 Å². The highest BCUT2D eigenvalue weighted by Crippen LogP contribution is 2.32. The topological polar surface area (TPSA) is 107 Å². The molecule has 0 saturated heterocycles. The average Bonchev–Trinajstić information content (AvgIpc) is 3.03. The number of amides is 1. The van der Waals surface area contributed by atoms with E-state index in [2.05, 4.69) is 15.5 Å². The lowest BCUT2D eigenvalue weighted by Gasteiger charge is -2.22. The van der Waals surface area contributed by atoms with Gasteiger partial charge in [0.05, 0.1) is 5.69 Å². The van der Waals surface area contributed by atoms with E-state index in [0.29, 0.717) is 23.8 Å². The first-order valence-electron chi connectivity index (χ1n) is 8.78. The van der Waals surface area contributed by atoms with Crippen molar-refractivity contribution >= 4 is 18.1 Å². The van der Waals surface area contributed by atoms with Crippen molar-refractivity contribution in [2.24, 2.45) is 0 Å². The Morgan fingerprint density at radius 3 is 2.61 bits per heavy atom. The van der Waals surface area contributed by atoms with Crippen molar-refractivity contribution in [3.63, 3.8) is 0 Å². The van der Waals surface area contributed by atoms with Gasteiger partial charge in [0.1, 0.15) is 30.3 Å². The normalized spacial score (nSPS) is 12.2. The fourth-order valence-electron chi connectivity index (χ4n) is 2.29. The Bertz CT molecular complexity index is 826. The molecular formula is C19H26N4O5. The van der Waals surface area contributed by atoms with Crippen LogP contribution in [0.2, 0.25) is 0 Å². The minimum absolute atomic E-state index is 0.0391. The first kappa shape index (κ1) is 21.2. The Labute approximate surface area is 164 Å². The van der Waals surface area contributed by atoms with Crippen molar-refractivity contribution in [1.82, 2.24) is 15.5 Å². The van der Waals surface area contributed by atoms with Crippen LogP contribution >= 0.6 is 0 Å². The van der Waals surface area contributed by atoms with Crippen molar-refractivity contribution in [2.75, 3.05) is 25.6 Å². The lowest BCUT2D eigenvalue weighted by atomic mass is 10.1. The highest BCUT2D eigenvalue weighted by molar-refractivity contribution is 5.73. The van der Waals surface area contributed by atoms with Gasteiger partial charge in [-0.15, -0.1) is 0 Å². The molecule has 0 bridgehead atoms. The van der Waals surface area contributed by atoms with Crippen LogP contribution in [0.5, 0.6) is 5.75 Å². The zero-order valence-corrected chi connectivity index (χ0v) is 17.0. The van der Waals surface area contributed by atoms with Crippen LogP contribution in [0.4, 0.5) is 10.5 Å². The van der Waals surface area contributed by atoms with E-state index in [0.717, 1.165) is 11.3 Å². The summed E-state index contributed by atoms with van der Waals surface area (Å²) in [5.41, 5.74) is 0.852. The minimum atomic E-state index is -0.844. The molecule has 9 heteroatoms. The van der Waals surface area contributed by atoms with E-state index in [-0.39, 0.29) is 6.61 Å². The Morgan fingerprint density at radius 1 is 1.36 bits per heavy atom. The van der Waals surface area contributed by atoms with E-state index in [1.54, 1.807) is 39.8 Å². The molecule has 1 atom stereocenters. The second-order valence-electron chi connectivity index (χ2n) is 7.42. The van der Waals surface area contributed by atoms with Crippen LogP contribution in [0.25, 0.3) is 11.5 Å². The molecule has 1 aromatic carbocycles. The number of hydrogen-bond donors (Lipinski definition) is 1. The van der Waals surface area contributed by atoms with Gasteiger partial charge in [-0.05, 0) is 45.9 Å². The second-order valence-corrected chi connectivity index (χ2v) is 7.42. The maximum atomic E-state index is 11.8. The van der Waals surface area contributed by atoms with E-state index in [1.165, 1.54) is 0 Å². The molecule has 0 radical (unpaired) electrons. The number of nitrogens with one attached hydrogen (secondary N) is 1. The van der Waals surface area contributed by atoms with E-state index < -0.39 is 17.7 Å². The molecule has 0 aliphatic heterocycles. The van der Waals surface area contributed by atoms with Crippen LogP contribution < -0.4 is 15.0 Å². The Kier molecular flexibility index (Phi) is 6.61. The summed E-state index contributed by atoms with van der Waals surface area (Å²) < 4.78 is 16.1. The summed E-state index contributed by atoms with van der Waals surface area (Å²) in [4.78, 5) is 29.2.